The molecule has 5 heteroatoms. The number of carboxylic acid groups (broad SMARTS) is 1. The van der Waals surface area contributed by atoms with Gasteiger partial charge < -0.3 is 9.63 Å². The van der Waals surface area contributed by atoms with Crippen LogP contribution in [0.5, 0.6) is 0 Å². The van der Waals surface area contributed by atoms with E-state index >= 15 is 0 Å². The van der Waals surface area contributed by atoms with Gasteiger partial charge in [0.25, 0.3) is 0 Å². The van der Waals surface area contributed by atoms with E-state index in [1.54, 1.807) is 6.92 Å². The Balaban J connectivity index is 2.52. The average molecular weight is 209 g/mol. The Kier molecular flexibility index (Phi) is 2.09. The minimum Gasteiger partial charge on any atom is -0.476 e. The molecule has 2 rings (SSSR count). The van der Waals surface area contributed by atoms with E-state index in [1.807, 2.05) is 17.5 Å². The fourth-order valence-corrected chi connectivity index (χ4v) is 1.93. The zero-order valence-corrected chi connectivity index (χ0v) is 8.17. The highest BCUT2D eigenvalue weighted by Gasteiger charge is 2.18. The third-order valence-electron chi connectivity index (χ3n) is 1.87. The van der Waals surface area contributed by atoms with Gasteiger partial charge in [-0.05, 0) is 18.4 Å². The van der Waals surface area contributed by atoms with Crippen molar-refractivity contribution in [1.82, 2.24) is 5.16 Å². The molecule has 2 heterocycles. The Morgan fingerprint density at radius 2 is 2.43 bits per heavy atom. The molecule has 2 aromatic rings. The fourth-order valence-electron chi connectivity index (χ4n) is 1.17. The molecular weight excluding hydrogens is 202 g/mol. The molecule has 0 saturated carbocycles. The predicted octanol–water partition coefficient (Wildman–Crippen LogP) is 2.41. The van der Waals surface area contributed by atoms with E-state index in [0.29, 0.717) is 11.3 Å². The van der Waals surface area contributed by atoms with Crippen LogP contribution in [0.1, 0.15) is 16.1 Å². The lowest BCUT2D eigenvalue weighted by molar-refractivity contribution is 0.0685. The van der Waals surface area contributed by atoms with Gasteiger partial charge in [-0.1, -0.05) is 11.2 Å². The molecule has 0 fully saturated rings. The summed E-state index contributed by atoms with van der Waals surface area (Å²) in [6, 6.07) is 3.74. The molecule has 72 valence electrons. The number of carbonyl (C=O) groups is 1. The lowest BCUT2D eigenvalue weighted by atomic mass is 10.2. The molecule has 2 aromatic heterocycles. The van der Waals surface area contributed by atoms with Crippen LogP contribution in [0.4, 0.5) is 0 Å². The second-order valence-corrected chi connectivity index (χ2v) is 3.72. The van der Waals surface area contributed by atoms with Crippen LogP contribution in [-0.2, 0) is 0 Å². The quantitative estimate of drug-likeness (QED) is 0.824. The Morgan fingerprint density at radius 1 is 1.64 bits per heavy atom. The maximum Gasteiger partial charge on any atom is 0.358 e. The number of nitrogens with zero attached hydrogens (tertiary/aromatic N) is 1. The molecule has 0 aliphatic rings. The van der Waals surface area contributed by atoms with Crippen molar-refractivity contribution in [2.24, 2.45) is 0 Å². The van der Waals surface area contributed by atoms with Gasteiger partial charge in [0.1, 0.15) is 0 Å². The van der Waals surface area contributed by atoms with Gasteiger partial charge in [-0.3, -0.25) is 0 Å². The average Bonchev–Trinajstić information content (AvgIpc) is 2.71. The van der Waals surface area contributed by atoms with Crippen LogP contribution in [0.15, 0.2) is 22.0 Å². The summed E-state index contributed by atoms with van der Waals surface area (Å²) in [4.78, 5) is 11.6. The van der Waals surface area contributed by atoms with Crippen LogP contribution in [0.3, 0.4) is 0 Å². The first kappa shape index (κ1) is 8.96. The minimum atomic E-state index is -1.06. The van der Waals surface area contributed by atoms with E-state index in [-0.39, 0.29) is 5.69 Å². The second-order valence-electron chi connectivity index (χ2n) is 2.77. The molecule has 0 aliphatic heterocycles. The highest BCUT2D eigenvalue weighted by molar-refractivity contribution is 7.13. The summed E-state index contributed by atoms with van der Waals surface area (Å²) in [6.07, 6.45) is 0. The van der Waals surface area contributed by atoms with Gasteiger partial charge in [0.2, 0.25) is 0 Å². The molecule has 0 aromatic carbocycles. The second kappa shape index (κ2) is 3.26. The summed E-state index contributed by atoms with van der Waals surface area (Å²) in [5, 5.41) is 14.2. The standard InChI is InChI=1S/C9H7NO3S/c1-5-7(9(11)12)10-13-8(5)6-3-2-4-14-6/h2-4H,1H3,(H,11,12). The highest BCUT2D eigenvalue weighted by Crippen LogP contribution is 2.29. The van der Waals surface area contributed by atoms with Crippen LogP contribution in [-0.4, -0.2) is 16.2 Å². The van der Waals surface area contributed by atoms with E-state index in [2.05, 4.69) is 5.16 Å². The smallest absolute Gasteiger partial charge is 0.358 e. The molecule has 0 aliphatic carbocycles. The Hall–Kier alpha value is -1.62. The van der Waals surface area contributed by atoms with E-state index in [1.165, 1.54) is 11.3 Å². The lowest BCUT2D eigenvalue weighted by Crippen LogP contribution is -1.98. The minimum absolute atomic E-state index is 0.0200. The molecule has 0 atom stereocenters. The zero-order chi connectivity index (χ0) is 10.1. The van der Waals surface area contributed by atoms with Crippen molar-refractivity contribution in [2.75, 3.05) is 0 Å². The molecule has 1 N–H and O–H groups in total. The van der Waals surface area contributed by atoms with Crippen molar-refractivity contribution >= 4 is 17.3 Å². The van der Waals surface area contributed by atoms with Crippen molar-refractivity contribution in [3.63, 3.8) is 0 Å². The van der Waals surface area contributed by atoms with E-state index in [0.717, 1.165) is 4.88 Å². The monoisotopic (exact) mass is 209 g/mol. The van der Waals surface area contributed by atoms with Crippen molar-refractivity contribution in [3.05, 3.63) is 28.8 Å². The van der Waals surface area contributed by atoms with Gasteiger partial charge >= 0.3 is 5.97 Å². The van der Waals surface area contributed by atoms with Crippen molar-refractivity contribution in [2.45, 2.75) is 6.92 Å². The van der Waals surface area contributed by atoms with Crippen LogP contribution < -0.4 is 0 Å². The summed E-state index contributed by atoms with van der Waals surface area (Å²) < 4.78 is 4.98. The fraction of sp³-hybridized carbons (Fsp3) is 0.111. The summed E-state index contributed by atoms with van der Waals surface area (Å²) in [6.45, 7) is 1.69. The molecule has 0 radical (unpaired) electrons. The maximum absolute atomic E-state index is 10.7. The summed E-state index contributed by atoms with van der Waals surface area (Å²) >= 11 is 1.49. The largest absolute Gasteiger partial charge is 0.476 e. The Bertz CT molecular complexity index is 458. The Labute approximate surface area is 83.8 Å². The maximum atomic E-state index is 10.7. The van der Waals surface area contributed by atoms with Crippen molar-refractivity contribution in [1.29, 1.82) is 0 Å². The van der Waals surface area contributed by atoms with Crippen LogP contribution in [0.25, 0.3) is 10.6 Å². The van der Waals surface area contributed by atoms with E-state index < -0.39 is 5.97 Å². The molecule has 0 unspecified atom stereocenters. The van der Waals surface area contributed by atoms with E-state index in [4.69, 9.17) is 9.63 Å². The number of aromatic carboxylic acids is 1. The predicted molar refractivity (Wildman–Crippen MR) is 51.5 cm³/mol. The number of thiophene rings is 1. The third-order valence-corrected chi connectivity index (χ3v) is 2.74. The summed E-state index contributed by atoms with van der Waals surface area (Å²) in [7, 11) is 0. The van der Waals surface area contributed by atoms with Crippen LogP contribution in [0, 0.1) is 6.92 Å². The first-order chi connectivity index (χ1) is 6.70. The van der Waals surface area contributed by atoms with E-state index in [9.17, 15) is 4.79 Å². The molecule has 14 heavy (non-hydrogen) atoms. The molecule has 0 saturated heterocycles. The van der Waals surface area contributed by atoms with Gasteiger partial charge in [0, 0.05) is 5.56 Å². The SMILES string of the molecule is Cc1c(C(=O)O)noc1-c1cccs1. The van der Waals surface area contributed by atoms with Gasteiger partial charge in [-0.2, -0.15) is 0 Å². The number of hydrogen-bond acceptors (Lipinski definition) is 4. The van der Waals surface area contributed by atoms with Gasteiger partial charge in [-0.25, -0.2) is 4.79 Å². The highest BCUT2D eigenvalue weighted by atomic mass is 32.1. The third kappa shape index (κ3) is 1.31. The number of carboxylic acids is 1. The summed E-state index contributed by atoms with van der Waals surface area (Å²) in [5.41, 5.74) is 0.549. The first-order valence-electron chi connectivity index (χ1n) is 3.93. The molecular formula is C9H7NO3S. The number of aromatic nitrogens is 1. The van der Waals surface area contributed by atoms with Gasteiger partial charge in [-0.15, -0.1) is 11.3 Å². The Morgan fingerprint density at radius 3 is 2.93 bits per heavy atom. The normalized spacial score (nSPS) is 10.4. The number of hydrogen-bond donors (Lipinski definition) is 1. The van der Waals surface area contributed by atoms with Crippen LogP contribution >= 0.6 is 11.3 Å². The molecule has 0 amide bonds. The molecule has 0 spiro atoms. The van der Waals surface area contributed by atoms with Crippen molar-refractivity contribution in [3.8, 4) is 10.6 Å². The lowest BCUT2D eigenvalue weighted by Gasteiger charge is -1.90. The topological polar surface area (TPSA) is 63.3 Å². The molecule has 0 bridgehead atoms. The summed E-state index contributed by atoms with van der Waals surface area (Å²) in [5.74, 6) is -0.522. The number of rotatable bonds is 2. The molecule has 4 nitrogen and oxygen atoms in total. The van der Waals surface area contributed by atoms with Gasteiger partial charge in [0.15, 0.2) is 11.5 Å². The zero-order valence-electron chi connectivity index (χ0n) is 7.35. The van der Waals surface area contributed by atoms with Gasteiger partial charge in [0.05, 0.1) is 4.88 Å². The van der Waals surface area contributed by atoms with Crippen LogP contribution in [0.2, 0.25) is 0 Å². The van der Waals surface area contributed by atoms with Crippen molar-refractivity contribution < 1.29 is 14.4 Å². The first-order valence-corrected chi connectivity index (χ1v) is 4.81.